The summed E-state index contributed by atoms with van der Waals surface area (Å²) in [5, 5.41) is 20.9. The van der Waals surface area contributed by atoms with Gasteiger partial charge >= 0.3 is 5.97 Å². The van der Waals surface area contributed by atoms with Gasteiger partial charge in [0.2, 0.25) is 11.8 Å². The number of fused-ring (bicyclic) bond motifs is 1. The molecule has 128 valence electrons. The molecule has 0 aliphatic carbocycles. The molecule has 3 N–H and O–H groups in total. The number of amides is 2. The van der Waals surface area contributed by atoms with Gasteiger partial charge in [-0.15, -0.1) is 0 Å². The molecular weight excluding hydrogens is 312 g/mol. The summed E-state index contributed by atoms with van der Waals surface area (Å²) in [4.78, 5) is 36.3. The number of nitrogens with one attached hydrogen (secondary N) is 1. The van der Waals surface area contributed by atoms with Crippen molar-refractivity contribution in [2.75, 3.05) is 6.54 Å². The van der Waals surface area contributed by atoms with Crippen molar-refractivity contribution >= 4 is 23.9 Å². The molecule has 2 rings (SSSR count). The lowest BCUT2D eigenvalue weighted by molar-refractivity contribution is -0.156. The number of hydrogen-bond donors (Lipinski definition) is 3. The van der Waals surface area contributed by atoms with Crippen LogP contribution in [0.4, 0.5) is 0 Å². The number of carboxylic acids is 1. The maximum atomic E-state index is 12.2. The van der Waals surface area contributed by atoms with Crippen LogP contribution in [0, 0.1) is 0 Å². The maximum absolute atomic E-state index is 12.2. The second-order valence-corrected chi connectivity index (χ2v) is 5.95. The number of nitrogens with zero attached hydrogens (tertiary/aromatic N) is 1. The second-order valence-electron chi connectivity index (χ2n) is 5.95. The van der Waals surface area contributed by atoms with Crippen molar-refractivity contribution in [3.05, 3.63) is 41.6 Å². The molecule has 2 unspecified atom stereocenters. The number of carbonyl (C=O) groups excluding carboxylic acids is 2. The smallest absolute Gasteiger partial charge is 0.337 e. The van der Waals surface area contributed by atoms with Crippen molar-refractivity contribution in [2.24, 2.45) is 0 Å². The Morgan fingerprint density at radius 3 is 2.58 bits per heavy atom. The van der Waals surface area contributed by atoms with Gasteiger partial charge in [-0.3, -0.25) is 9.59 Å². The predicted molar refractivity (Wildman–Crippen MR) is 86.6 cm³/mol. The molecule has 1 aliphatic rings. The molecule has 1 aromatic carbocycles. The molecule has 0 bridgehead atoms. The molecule has 1 heterocycles. The summed E-state index contributed by atoms with van der Waals surface area (Å²) >= 11 is 0. The molecule has 7 heteroatoms. The fourth-order valence-corrected chi connectivity index (χ4v) is 2.51. The molecule has 0 radical (unpaired) electrons. The van der Waals surface area contributed by atoms with E-state index in [-0.39, 0.29) is 12.3 Å². The summed E-state index contributed by atoms with van der Waals surface area (Å²) in [6, 6.07) is 6.96. The third kappa shape index (κ3) is 3.80. The Labute approximate surface area is 139 Å². The fourth-order valence-electron chi connectivity index (χ4n) is 2.51. The number of hydrogen-bond acceptors (Lipinski definition) is 4. The molecule has 0 aromatic heterocycles. The van der Waals surface area contributed by atoms with Crippen molar-refractivity contribution in [1.29, 1.82) is 0 Å². The Hall–Kier alpha value is -2.67. The molecule has 0 saturated carbocycles. The highest BCUT2D eigenvalue weighted by molar-refractivity contribution is 5.83. The number of carboxylic acid groups (broad SMARTS) is 1. The third-order valence-corrected chi connectivity index (χ3v) is 3.94. The van der Waals surface area contributed by atoms with E-state index in [9.17, 15) is 19.5 Å². The van der Waals surface area contributed by atoms with Crippen LogP contribution >= 0.6 is 0 Å². The minimum absolute atomic E-state index is 0.0311. The van der Waals surface area contributed by atoms with Gasteiger partial charge in [-0.2, -0.15) is 0 Å². The largest absolute Gasteiger partial charge is 0.479 e. The van der Waals surface area contributed by atoms with Gasteiger partial charge in [-0.05, 0) is 24.1 Å². The minimum Gasteiger partial charge on any atom is -0.479 e. The van der Waals surface area contributed by atoms with Crippen molar-refractivity contribution in [1.82, 2.24) is 10.2 Å². The summed E-state index contributed by atoms with van der Waals surface area (Å²) in [7, 11) is 0. The molecule has 0 spiro atoms. The van der Waals surface area contributed by atoms with Gasteiger partial charge in [0.1, 0.15) is 0 Å². The zero-order chi connectivity index (χ0) is 17.9. The average molecular weight is 332 g/mol. The van der Waals surface area contributed by atoms with Crippen molar-refractivity contribution in [3.8, 4) is 0 Å². The van der Waals surface area contributed by atoms with Crippen LogP contribution in [0.3, 0.4) is 0 Å². The summed E-state index contributed by atoms with van der Waals surface area (Å²) in [5.41, 5.74) is -0.277. The highest BCUT2D eigenvalue weighted by atomic mass is 16.4. The van der Waals surface area contributed by atoms with E-state index in [1.54, 1.807) is 12.3 Å². The lowest BCUT2D eigenvalue weighted by Crippen LogP contribution is -2.47. The van der Waals surface area contributed by atoms with Crippen LogP contribution in [0.15, 0.2) is 30.5 Å². The lowest BCUT2D eigenvalue weighted by Gasteiger charge is -2.32. The Kier molecular flexibility index (Phi) is 5.04. The van der Waals surface area contributed by atoms with Crippen LogP contribution in [-0.2, 0) is 14.4 Å². The van der Waals surface area contributed by atoms with E-state index in [1.807, 2.05) is 24.3 Å². The van der Waals surface area contributed by atoms with Gasteiger partial charge in [0.15, 0.2) is 5.60 Å². The van der Waals surface area contributed by atoms with Gasteiger partial charge < -0.3 is 20.4 Å². The van der Waals surface area contributed by atoms with Gasteiger partial charge in [0, 0.05) is 13.1 Å². The van der Waals surface area contributed by atoms with Crippen LogP contribution in [0.1, 0.15) is 37.4 Å². The number of benzene rings is 1. The highest BCUT2D eigenvalue weighted by Crippen LogP contribution is 2.32. The van der Waals surface area contributed by atoms with E-state index < -0.39 is 30.1 Å². The fraction of sp³-hybridized carbons (Fsp3) is 0.353. The topological polar surface area (TPSA) is 107 Å². The Bertz CT molecular complexity index is 696. The van der Waals surface area contributed by atoms with Crippen LogP contribution in [0.25, 0.3) is 6.08 Å². The Balaban J connectivity index is 2.13. The van der Waals surface area contributed by atoms with Crippen LogP contribution < -0.4 is 5.32 Å². The SMILES string of the molecule is CC(=O)N1C=Cc2ccccc2C1CC(=O)NCC(C)(O)C(=O)O. The normalized spacial score (nSPS) is 18.5. The van der Waals surface area contributed by atoms with E-state index in [1.165, 1.54) is 11.8 Å². The summed E-state index contributed by atoms with van der Waals surface area (Å²) in [6.07, 6.45) is 3.41. The predicted octanol–water partition coefficient (Wildman–Crippen LogP) is 0.902. The first kappa shape index (κ1) is 17.7. The Morgan fingerprint density at radius 1 is 1.29 bits per heavy atom. The molecule has 1 aromatic rings. The summed E-state index contributed by atoms with van der Waals surface area (Å²) < 4.78 is 0. The van der Waals surface area contributed by atoms with E-state index in [2.05, 4.69) is 5.32 Å². The molecular formula is C17H20N2O5. The van der Waals surface area contributed by atoms with Gasteiger partial charge in [0.05, 0.1) is 19.0 Å². The zero-order valence-electron chi connectivity index (χ0n) is 13.5. The number of aliphatic carboxylic acids is 1. The van der Waals surface area contributed by atoms with Crippen LogP contribution in [0.5, 0.6) is 0 Å². The minimum atomic E-state index is -2.04. The summed E-state index contributed by atoms with van der Waals surface area (Å²) in [5.74, 6) is -2.06. The van der Waals surface area contributed by atoms with Crippen LogP contribution in [0.2, 0.25) is 0 Å². The number of aliphatic hydroxyl groups is 1. The first-order valence-corrected chi connectivity index (χ1v) is 7.51. The molecule has 2 atom stereocenters. The lowest BCUT2D eigenvalue weighted by atomic mass is 9.93. The maximum Gasteiger partial charge on any atom is 0.337 e. The van der Waals surface area contributed by atoms with Crippen molar-refractivity contribution in [3.63, 3.8) is 0 Å². The van der Waals surface area contributed by atoms with Gasteiger partial charge in [-0.25, -0.2) is 4.79 Å². The monoisotopic (exact) mass is 332 g/mol. The molecule has 2 amide bonds. The van der Waals surface area contributed by atoms with Gasteiger partial charge in [0.25, 0.3) is 0 Å². The number of rotatable bonds is 5. The van der Waals surface area contributed by atoms with E-state index >= 15 is 0 Å². The highest BCUT2D eigenvalue weighted by Gasteiger charge is 2.32. The second kappa shape index (κ2) is 6.84. The van der Waals surface area contributed by atoms with Crippen LogP contribution in [-0.4, -0.2) is 45.0 Å². The zero-order valence-corrected chi connectivity index (χ0v) is 13.5. The molecule has 0 saturated heterocycles. The van der Waals surface area contributed by atoms with E-state index in [0.29, 0.717) is 0 Å². The average Bonchev–Trinajstić information content (AvgIpc) is 2.53. The van der Waals surface area contributed by atoms with E-state index in [4.69, 9.17) is 5.11 Å². The van der Waals surface area contributed by atoms with Crippen molar-refractivity contribution in [2.45, 2.75) is 31.9 Å². The number of carbonyl (C=O) groups is 3. The van der Waals surface area contributed by atoms with Gasteiger partial charge in [-0.1, -0.05) is 24.3 Å². The first-order valence-electron chi connectivity index (χ1n) is 7.51. The third-order valence-electron chi connectivity index (χ3n) is 3.94. The summed E-state index contributed by atoms with van der Waals surface area (Å²) in [6.45, 7) is 2.11. The standard InChI is InChI=1S/C17H20N2O5/c1-11(20)19-8-7-12-5-3-4-6-13(12)14(19)9-15(21)18-10-17(2,24)16(22)23/h3-8,14,24H,9-10H2,1-2H3,(H,18,21)(H,22,23). The molecule has 0 fully saturated rings. The molecule has 24 heavy (non-hydrogen) atoms. The van der Waals surface area contributed by atoms with E-state index in [0.717, 1.165) is 18.1 Å². The Morgan fingerprint density at radius 2 is 1.96 bits per heavy atom. The molecule has 7 nitrogen and oxygen atoms in total. The molecule has 1 aliphatic heterocycles. The first-order chi connectivity index (χ1) is 11.2. The van der Waals surface area contributed by atoms with Crippen molar-refractivity contribution < 1.29 is 24.6 Å². The quantitative estimate of drug-likeness (QED) is 0.743.